The fraction of sp³-hybridized carbons (Fsp3) is 0.250. The summed E-state index contributed by atoms with van der Waals surface area (Å²) in [7, 11) is 1.49. The summed E-state index contributed by atoms with van der Waals surface area (Å²) in [6, 6.07) is 19.9. The number of nitriles is 1. The molecular weight excluding hydrogens is 547 g/mol. The molecule has 0 aliphatic rings. The number of halogens is 3. The van der Waals surface area contributed by atoms with E-state index in [-0.39, 0.29) is 23.7 Å². The molecule has 1 N–H and O–H groups in total. The Balaban J connectivity index is 1.81. The third-order valence-electron chi connectivity index (χ3n) is 5.73. The van der Waals surface area contributed by atoms with Crippen molar-refractivity contribution in [3.05, 3.63) is 99.0 Å². The lowest BCUT2D eigenvalue weighted by Gasteiger charge is -2.32. The Morgan fingerprint density at radius 2 is 1.61 bits per heavy atom. The topological polar surface area (TPSA) is 85.7 Å². The maximum Gasteiger partial charge on any atom is 0.264 e. The second-order valence-electron chi connectivity index (χ2n) is 9.05. The van der Waals surface area contributed by atoms with Gasteiger partial charge in [-0.25, -0.2) is 10.0 Å². The zero-order chi connectivity index (χ0) is 27.9. The van der Waals surface area contributed by atoms with Gasteiger partial charge < -0.3 is 10.1 Å². The maximum atomic E-state index is 13.6. The number of hydrazine groups is 1. The van der Waals surface area contributed by atoms with Gasteiger partial charge in [-0.1, -0.05) is 77.3 Å². The zero-order valence-corrected chi connectivity index (χ0v) is 23.4. The van der Waals surface area contributed by atoms with Crippen LogP contribution in [0.3, 0.4) is 0 Å². The Morgan fingerprint density at radius 1 is 0.974 bits per heavy atom. The van der Waals surface area contributed by atoms with Crippen LogP contribution in [0.4, 0.5) is 0 Å². The molecule has 3 rings (SSSR count). The van der Waals surface area contributed by atoms with Gasteiger partial charge in [0.1, 0.15) is 11.8 Å². The number of benzene rings is 3. The number of amides is 2. The maximum absolute atomic E-state index is 13.6. The number of carbonyl (C=O) groups is 2. The summed E-state index contributed by atoms with van der Waals surface area (Å²) in [5.74, 6) is -0.733. The summed E-state index contributed by atoms with van der Waals surface area (Å²) in [5.41, 5.74) is 0.234. The minimum Gasteiger partial charge on any atom is -0.476 e. The van der Waals surface area contributed by atoms with Gasteiger partial charge in [0.25, 0.3) is 11.8 Å². The summed E-state index contributed by atoms with van der Waals surface area (Å²) < 4.78 is 5.90. The highest BCUT2D eigenvalue weighted by Crippen LogP contribution is 2.30. The predicted octanol–water partition coefficient (Wildman–Crippen LogP) is 5.89. The first-order valence-electron chi connectivity index (χ1n) is 11.7. The highest BCUT2D eigenvalue weighted by Gasteiger charge is 2.35. The fourth-order valence-corrected chi connectivity index (χ4v) is 4.15. The van der Waals surface area contributed by atoms with Gasteiger partial charge in [-0.15, -0.1) is 0 Å². The number of hydrogen-bond acceptors (Lipinski definition) is 5. The van der Waals surface area contributed by atoms with Crippen LogP contribution in [0, 0.1) is 11.5 Å². The van der Waals surface area contributed by atoms with Crippen molar-refractivity contribution in [2.24, 2.45) is 0 Å². The van der Waals surface area contributed by atoms with E-state index in [1.807, 2.05) is 36.5 Å². The third kappa shape index (κ3) is 7.78. The molecule has 38 heavy (non-hydrogen) atoms. The van der Waals surface area contributed by atoms with Crippen LogP contribution < -0.4 is 10.1 Å². The molecule has 0 spiro atoms. The monoisotopic (exact) mass is 572 g/mol. The third-order valence-corrected chi connectivity index (χ3v) is 6.52. The van der Waals surface area contributed by atoms with E-state index in [1.54, 1.807) is 50.2 Å². The van der Waals surface area contributed by atoms with Gasteiger partial charge in [0.15, 0.2) is 11.8 Å². The lowest BCUT2D eigenvalue weighted by Crippen LogP contribution is -2.57. The van der Waals surface area contributed by atoms with Crippen molar-refractivity contribution in [3.63, 3.8) is 0 Å². The number of likely N-dealkylation sites (N-methyl/N-ethyl adjacent to an activating group) is 1. The van der Waals surface area contributed by atoms with Crippen LogP contribution in [0.2, 0.25) is 15.1 Å². The van der Waals surface area contributed by atoms with E-state index in [1.165, 1.54) is 23.1 Å². The van der Waals surface area contributed by atoms with Crippen molar-refractivity contribution in [2.45, 2.75) is 38.5 Å². The Bertz CT molecular complexity index is 1310. The highest BCUT2D eigenvalue weighted by molar-refractivity contribution is 6.35. The van der Waals surface area contributed by atoms with Gasteiger partial charge in [0.2, 0.25) is 0 Å². The predicted molar refractivity (Wildman–Crippen MR) is 149 cm³/mol. The van der Waals surface area contributed by atoms with Gasteiger partial charge >= 0.3 is 0 Å². The Labute approximate surface area is 237 Å². The molecule has 0 aliphatic carbocycles. The summed E-state index contributed by atoms with van der Waals surface area (Å²) in [4.78, 5) is 27.0. The van der Waals surface area contributed by atoms with Gasteiger partial charge in [-0.05, 0) is 55.3 Å². The molecule has 0 radical (unpaired) electrons. The first kappa shape index (κ1) is 29.1. The largest absolute Gasteiger partial charge is 0.476 e. The zero-order valence-electron chi connectivity index (χ0n) is 21.1. The normalized spacial score (nSPS) is 11.7. The lowest BCUT2D eigenvalue weighted by molar-refractivity contribution is -0.148. The van der Waals surface area contributed by atoms with Crippen LogP contribution in [-0.4, -0.2) is 40.5 Å². The molecule has 0 unspecified atom stereocenters. The van der Waals surface area contributed by atoms with Crippen LogP contribution in [0.1, 0.15) is 25.0 Å². The highest BCUT2D eigenvalue weighted by atomic mass is 35.5. The molecule has 2 amide bonds. The first-order chi connectivity index (χ1) is 18.0. The first-order valence-corrected chi connectivity index (χ1v) is 12.8. The second kappa shape index (κ2) is 12.9. The standard InChI is InChI=1S/C28H27Cl3N4O3/c1-28(2,38-25-14-13-22(30)16-23(25)31)27(37)33-24(15-19-7-5-4-6-8-19)26(36)34(3)35(18-32)17-20-9-11-21(29)12-10-20/h4-14,16,24H,15,17H2,1-3H3,(H,33,37)/t24-/m0/s1. The van der Waals surface area contributed by atoms with Crippen LogP contribution >= 0.6 is 34.8 Å². The Kier molecular flexibility index (Phi) is 9.87. The van der Waals surface area contributed by atoms with E-state index in [9.17, 15) is 14.9 Å². The van der Waals surface area contributed by atoms with Crippen molar-refractivity contribution < 1.29 is 14.3 Å². The average Bonchev–Trinajstić information content (AvgIpc) is 2.89. The molecule has 7 nitrogen and oxygen atoms in total. The number of nitrogens with one attached hydrogen (secondary N) is 1. The van der Waals surface area contributed by atoms with E-state index in [0.717, 1.165) is 11.1 Å². The average molecular weight is 574 g/mol. The molecule has 0 aromatic heterocycles. The number of nitrogens with zero attached hydrogens (tertiary/aromatic N) is 3. The smallest absolute Gasteiger partial charge is 0.264 e. The number of carbonyl (C=O) groups excluding carboxylic acids is 2. The van der Waals surface area contributed by atoms with Crippen LogP contribution in [0.15, 0.2) is 72.8 Å². The molecule has 0 bridgehead atoms. The lowest BCUT2D eigenvalue weighted by atomic mass is 10.0. The van der Waals surface area contributed by atoms with Gasteiger partial charge in [0.05, 0.1) is 11.6 Å². The fourth-order valence-electron chi connectivity index (χ4n) is 3.58. The van der Waals surface area contributed by atoms with Crippen molar-refractivity contribution in [2.75, 3.05) is 7.05 Å². The number of ether oxygens (including phenoxy) is 1. The number of hydrogen-bond donors (Lipinski definition) is 1. The van der Waals surface area contributed by atoms with Crippen molar-refractivity contribution in [1.29, 1.82) is 5.26 Å². The molecule has 198 valence electrons. The Morgan fingerprint density at radius 3 is 2.21 bits per heavy atom. The van der Waals surface area contributed by atoms with Crippen molar-refractivity contribution in [3.8, 4) is 11.9 Å². The summed E-state index contributed by atoms with van der Waals surface area (Å²) >= 11 is 18.1. The van der Waals surface area contributed by atoms with E-state index >= 15 is 0 Å². The van der Waals surface area contributed by atoms with Crippen LogP contribution in [0.5, 0.6) is 5.75 Å². The van der Waals surface area contributed by atoms with E-state index in [2.05, 4.69) is 5.32 Å². The van der Waals surface area contributed by atoms with E-state index in [4.69, 9.17) is 39.5 Å². The molecule has 0 fully saturated rings. The molecule has 3 aromatic rings. The van der Waals surface area contributed by atoms with Gasteiger partial charge in [0, 0.05) is 23.5 Å². The number of rotatable bonds is 10. The summed E-state index contributed by atoms with van der Waals surface area (Å²) in [6.07, 6.45) is 2.24. The molecule has 0 heterocycles. The second-order valence-corrected chi connectivity index (χ2v) is 10.3. The minimum atomic E-state index is -1.39. The molecule has 0 aliphatic heterocycles. The molecule has 0 saturated heterocycles. The van der Waals surface area contributed by atoms with E-state index < -0.39 is 23.5 Å². The molecular formula is C28H27Cl3N4O3. The molecule has 0 saturated carbocycles. The quantitative estimate of drug-likeness (QED) is 0.186. The summed E-state index contributed by atoms with van der Waals surface area (Å²) in [6.45, 7) is 3.29. The van der Waals surface area contributed by atoms with Crippen molar-refractivity contribution >= 4 is 46.6 Å². The van der Waals surface area contributed by atoms with Crippen LogP contribution in [0.25, 0.3) is 0 Å². The molecule has 1 atom stereocenters. The molecule has 3 aromatic carbocycles. The minimum absolute atomic E-state index is 0.144. The molecule has 10 heteroatoms. The SMILES string of the molecule is CN(C(=O)[C@H](Cc1ccccc1)NC(=O)C(C)(C)Oc1ccc(Cl)cc1Cl)N(C#N)Cc1ccc(Cl)cc1. The van der Waals surface area contributed by atoms with Gasteiger partial charge in [-0.2, -0.15) is 5.26 Å². The van der Waals surface area contributed by atoms with Crippen molar-refractivity contribution in [1.82, 2.24) is 15.3 Å². The summed E-state index contributed by atoms with van der Waals surface area (Å²) in [5, 5.41) is 16.3. The van der Waals surface area contributed by atoms with Crippen LogP contribution in [-0.2, 0) is 22.6 Å². The Hall–Kier alpha value is -3.44. The van der Waals surface area contributed by atoms with Gasteiger partial charge in [-0.3, -0.25) is 9.59 Å². The van der Waals surface area contributed by atoms with E-state index in [0.29, 0.717) is 10.0 Å².